The highest BCUT2D eigenvalue weighted by Crippen LogP contribution is 2.39. The van der Waals surface area contributed by atoms with Gasteiger partial charge in [0.1, 0.15) is 11.6 Å². The second kappa shape index (κ2) is 10.3. The van der Waals surface area contributed by atoms with Crippen LogP contribution in [-0.2, 0) is 16.1 Å². The number of morpholine rings is 1. The summed E-state index contributed by atoms with van der Waals surface area (Å²) in [6.45, 7) is 8.88. The molecule has 11 nitrogen and oxygen atoms in total. The number of Topliss-reactive ketones (excluding diaryl/α,β-unsaturated/α-hetero) is 1. The monoisotopic (exact) mass is 517 g/mol. The summed E-state index contributed by atoms with van der Waals surface area (Å²) in [6.07, 6.45) is 5.13. The van der Waals surface area contributed by atoms with Crippen LogP contribution in [0.5, 0.6) is 5.75 Å². The number of hydrogen-bond donors (Lipinski definition) is 2. The number of ketones is 1. The molecule has 3 N–H and O–H groups in total. The molecule has 38 heavy (non-hydrogen) atoms. The van der Waals surface area contributed by atoms with Crippen molar-refractivity contribution >= 4 is 35.1 Å². The zero-order valence-electron chi connectivity index (χ0n) is 22.0. The molecule has 0 aliphatic carbocycles. The fourth-order valence-electron chi connectivity index (χ4n) is 4.96. The van der Waals surface area contributed by atoms with Gasteiger partial charge in [-0.05, 0) is 32.9 Å². The molecule has 0 saturated carbocycles. The third-order valence-electron chi connectivity index (χ3n) is 6.94. The number of H-pyrrole nitrogens is 1. The maximum Gasteiger partial charge on any atom is 0.260 e. The lowest BCUT2D eigenvalue weighted by Crippen LogP contribution is -2.39. The van der Waals surface area contributed by atoms with E-state index in [9.17, 15) is 9.59 Å². The summed E-state index contributed by atoms with van der Waals surface area (Å²) in [5.41, 5.74) is 11.2. The minimum Gasteiger partial charge on any atom is -0.496 e. The number of ether oxygens (including phenoxy) is 2. The van der Waals surface area contributed by atoms with Crippen LogP contribution in [0.2, 0.25) is 0 Å². The number of pyridine rings is 1. The molecule has 0 aromatic carbocycles. The molecule has 1 amide bonds. The molecule has 0 unspecified atom stereocenters. The first kappa shape index (κ1) is 25.6. The first-order valence-electron chi connectivity index (χ1n) is 12.5. The number of methoxy groups -OCH3 is 1. The van der Waals surface area contributed by atoms with Gasteiger partial charge in [-0.1, -0.05) is 0 Å². The topological polar surface area (TPSA) is 140 Å². The number of nitrogen functional groups attached to an aromatic ring is 1. The summed E-state index contributed by atoms with van der Waals surface area (Å²) in [7, 11) is 1.61. The average Bonchev–Trinajstić information content (AvgIpc) is 3.46. The molecule has 0 spiro atoms. The van der Waals surface area contributed by atoms with Crippen LogP contribution in [0.15, 0.2) is 18.5 Å². The van der Waals surface area contributed by atoms with Crippen molar-refractivity contribution in [3.8, 4) is 5.75 Å². The van der Waals surface area contributed by atoms with Crippen LogP contribution in [0, 0.1) is 20.8 Å². The zero-order valence-corrected chi connectivity index (χ0v) is 22.0. The number of aromatic nitrogens is 4. The van der Waals surface area contributed by atoms with Crippen molar-refractivity contribution < 1.29 is 19.1 Å². The normalized spacial score (nSPS) is 16.8. The summed E-state index contributed by atoms with van der Waals surface area (Å²) in [5.74, 6) is 1.01. The molecule has 2 aliphatic rings. The number of fused-ring (bicyclic) bond motifs is 1. The van der Waals surface area contributed by atoms with Crippen molar-refractivity contribution in [2.75, 3.05) is 50.6 Å². The van der Waals surface area contributed by atoms with Crippen LogP contribution in [0.25, 0.3) is 11.6 Å². The molecule has 1 fully saturated rings. The van der Waals surface area contributed by atoms with E-state index in [0.29, 0.717) is 59.4 Å². The lowest BCUT2D eigenvalue weighted by atomic mass is 10.1. The second-order valence-electron chi connectivity index (χ2n) is 9.52. The summed E-state index contributed by atoms with van der Waals surface area (Å²) < 4.78 is 10.9. The van der Waals surface area contributed by atoms with Gasteiger partial charge in [-0.2, -0.15) is 4.98 Å². The highest BCUT2D eigenvalue weighted by molar-refractivity contribution is 6.35. The molecule has 5 heterocycles. The Balaban J connectivity index is 1.46. The lowest BCUT2D eigenvalue weighted by Gasteiger charge is -2.25. The Labute approximate surface area is 220 Å². The Morgan fingerprint density at radius 1 is 1.24 bits per heavy atom. The van der Waals surface area contributed by atoms with Crippen molar-refractivity contribution in [2.45, 2.75) is 27.3 Å². The third-order valence-corrected chi connectivity index (χ3v) is 6.94. The van der Waals surface area contributed by atoms with Crippen LogP contribution < -0.4 is 15.4 Å². The van der Waals surface area contributed by atoms with Crippen LogP contribution >= 0.6 is 0 Å². The van der Waals surface area contributed by atoms with Crippen LogP contribution in [0.3, 0.4) is 0 Å². The third kappa shape index (κ3) is 4.77. The van der Waals surface area contributed by atoms with Gasteiger partial charge < -0.3 is 20.2 Å². The number of aromatic amines is 1. The van der Waals surface area contributed by atoms with Gasteiger partial charge in [0.2, 0.25) is 5.95 Å². The predicted octanol–water partition coefficient (Wildman–Crippen LogP) is 2.32. The maximum atomic E-state index is 13.8. The number of nitrogens with two attached hydrogens (primary N) is 1. The Kier molecular flexibility index (Phi) is 6.96. The molecule has 5 rings (SSSR count). The number of nitrogens with one attached hydrogen (secondary N) is 1. The maximum absolute atomic E-state index is 13.8. The van der Waals surface area contributed by atoms with Crippen molar-refractivity contribution in [2.24, 2.45) is 0 Å². The van der Waals surface area contributed by atoms with E-state index in [1.807, 2.05) is 13.8 Å². The minimum atomic E-state index is -0.250. The molecule has 0 atom stereocenters. The standard InChI is InChI=1S/C27H31N7O4/c1-15-11-30-21(16(2)24(15)37-4)13-34-25-23(17(3)31-27(28)32-25)20(26(34)36)10-19-9-18(12-29-19)22(35)14-33-5-7-38-8-6-33/h9-12,29H,5-8,13-14H2,1-4H3,(H2,28,31,32)/b20-10-. The highest BCUT2D eigenvalue weighted by atomic mass is 16.5. The van der Waals surface area contributed by atoms with Crippen molar-refractivity contribution in [3.05, 3.63) is 57.8 Å². The van der Waals surface area contributed by atoms with E-state index in [1.54, 1.807) is 43.5 Å². The largest absolute Gasteiger partial charge is 0.496 e. The number of carbonyl (C=O) groups is 2. The Morgan fingerprint density at radius 3 is 2.74 bits per heavy atom. The van der Waals surface area contributed by atoms with E-state index in [2.05, 4.69) is 24.8 Å². The number of aryl methyl sites for hydroxylation is 2. The van der Waals surface area contributed by atoms with Gasteiger partial charge in [-0.15, -0.1) is 0 Å². The average molecular weight is 518 g/mol. The smallest absolute Gasteiger partial charge is 0.260 e. The van der Waals surface area contributed by atoms with Crippen LogP contribution in [0.1, 0.15) is 44.1 Å². The van der Waals surface area contributed by atoms with Crippen molar-refractivity contribution in [3.63, 3.8) is 0 Å². The fourth-order valence-corrected chi connectivity index (χ4v) is 4.96. The first-order valence-corrected chi connectivity index (χ1v) is 12.5. The quantitative estimate of drug-likeness (QED) is 0.357. The minimum absolute atomic E-state index is 0.00901. The van der Waals surface area contributed by atoms with Gasteiger partial charge in [0, 0.05) is 47.9 Å². The van der Waals surface area contributed by atoms with Crippen molar-refractivity contribution in [1.82, 2.24) is 24.8 Å². The molecule has 0 bridgehead atoms. The molecule has 1 saturated heterocycles. The van der Waals surface area contributed by atoms with Gasteiger partial charge in [0.05, 0.1) is 55.9 Å². The van der Waals surface area contributed by atoms with Gasteiger partial charge in [-0.25, -0.2) is 4.98 Å². The Hall–Kier alpha value is -4.09. The van der Waals surface area contributed by atoms with Gasteiger partial charge in [-0.3, -0.25) is 24.4 Å². The number of hydrogen-bond acceptors (Lipinski definition) is 9. The molecule has 3 aromatic heterocycles. The predicted molar refractivity (Wildman–Crippen MR) is 143 cm³/mol. The van der Waals surface area contributed by atoms with Gasteiger partial charge in [0.15, 0.2) is 5.78 Å². The fraction of sp³-hybridized carbons (Fsp3) is 0.370. The van der Waals surface area contributed by atoms with E-state index in [0.717, 1.165) is 30.0 Å². The molecular weight excluding hydrogens is 486 g/mol. The molecule has 2 aliphatic heterocycles. The summed E-state index contributed by atoms with van der Waals surface area (Å²) in [6, 6.07) is 1.76. The SMILES string of the molecule is COc1c(C)cnc(CN2C(=O)/C(=C\c3cc(C(=O)CN4CCOCC4)c[nH]3)c3c(C)nc(N)nc32)c1C. The highest BCUT2D eigenvalue weighted by Gasteiger charge is 2.37. The summed E-state index contributed by atoms with van der Waals surface area (Å²) in [5, 5.41) is 0. The van der Waals surface area contributed by atoms with Crippen LogP contribution in [-0.4, -0.2) is 76.5 Å². The molecule has 3 aromatic rings. The number of rotatable bonds is 7. The van der Waals surface area contributed by atoms with E-state index < -0.39 is 0 Å². The van der Waals surface area contributed by atoms with E-state index >= 15 is 0 Å². The van der Waals surface area contributed by atoms with Crippen molar-refractivity contribution in [1.29, 1.82) is 0 Å². The lowest BCUT2D eigenvalue weighted by molar-refractivity contribution is -0.113. The second-order valence-corrected chi connectivity index (χ2v) is 9.52. The van der Waals surface area contributed by atoms with Gasteiger partial charge in [0.25, 0.3) is 5.91 Å². The van der Waals surface area contributed by atoms with E-state index in [4.69, 9.17) is 15.2 Å². The van der Waals surface area contributed by atoms with Gasteiger partial charge >= 0.3 is 0 Å². The molecule has 0 radical (unpaired) electrons. The molecular formula is C27H31N7O4. The first-order chi connectivity index (χ1) is 18.3. The van der Waals surface area contributed by atoms with E-state index in [-0.39, 0.29) is 24.2 Å². The number of carbonyl (C=O) groups excluding carboxylic acids is 2. The summed E-state index contributed by atoms with van der Waals surface area (Å²) >= 11 is 0. The number of anilines is 2. The zero-order chi connectivity index (χ0) is 27.0. The van der Waals surface area contributed by atoms with E-state index in [1.165, 1.54) is 0 Å². The molecule has 198 valence electrons. The Morgan fingerprint density at radius 2 is 2.00 bits per heavy atom. The summed E-state index contributed by atoms with van der Waals surface area (Å²) in [4.78, 5) is 46.6. The number of nitrogens with zero attached hydrogens (tertiary/aromatic N) is 5. The Bertz CT molecular complexity index is 1440. The molecule has 11 heteroatoms. The number of amides is 1. The van der Waals surface area contributed by atoms with Crippen LogP contribution in [0.4, 0.5) is 11.8 Å².